The quantitative estimate of drug-likeness (QED) is 0.145. The second-order valence-corrected chi connectivity index (χ2v) is 10.1. The van der Waals surface area contributed by atoms with Crippen molar-refractivity contribution in [2.24, 2.45) is 0 Å². The molecule has 1 aromatic heterocycles. The second-order valence-electron chi connectivity index (χ2n) is 10.1. The molecule has 1 heterocycles. The van der Waals surface area contributed by atoms with Crippen molar-refractivity contribution in [1.82, 2.24) is 14.5 Å². The molecule has 41 heavy (non-hydrogen) atoms. The summed E-state index contributed by atoms with van der Waals surface area (Å²) in [5, 5.41) is 0. The van der Waals surface area contributed by atoms with Gasteiger partial charge in [-0.05, 0) is 49.4 Å². The number of hydrogen-bond donors (Lipinski definition) is 0. The van der Waals surface area contributed by atoms with E-state index < -0.39 is 11.9 Å². The molecule has 8 heteroatoms. The summed E-state index contributed by atoms with van der Waals surface area (Å²) in [6.45, 7) is 8.40. The van der Waals surface area contributed by atoms with Gasteiger partial charge in [0.05, 0.1) is 24.8 Å². The summed E-state index contributed by atoms with van der Waals surface area (Å²) in [6.07, 6.45) is 7.92. The first kappa shape index (κ1) is 31.6. The fourth-order valence-corrected chi connectivity index (χ4v) is 4.51. The lowest BCUT2D eigenvalue weighted by Gasteiger charge is -2.21. The minimum Gasteiger partial charge on any atom is -0.465 e. The number of esters is 2. The molecule has 0 saturated carbocycles. The summed E-state index contributed by atoms with van der Waals surface area (Å²) in [6, 6.07) is 14.9. The van der Waals surface area contributed by atoms with Gasteiger partial charge in [-0.25, -0.2) is 14.6 Å². The molecule has 0 spiro atoms. The van der Waals surface area contributed by atoms with Crippen molar-refractivity contribution < 1.29 is 23.9 Å². The van der Waals surface area contributed by atoms with Gasteiger partial charge in [0.15, 0.2) is 0 Å². The Morgan fingerprint density at radius 3 is 2.20 bits per heavy atom. The van der Waals surface area contributed by atoms with Crippen LogP contribution in [0.4, 0.5) is 0 Å². The van der Waals surface area contributed by atoms with Crippen LogP contribution in [0.3, 0.4) is 0 Å². The maximum absolute atomic E-state index is 13.7. The van der Waals surface area contributed by atoms with Gasteiger partial charge in [-0.2, -0.15) is 0 Å². The minimum atomic E-state index is -0.551. The van der Waals surface area contributed by atoms with Gasteiger partial charge in [-0.3, -0.25) is 4.79 Å². The molecule has 3 aromatic rings. The molecular formula is C33H43N3O5. The Morgan fingerprint density at radius 1 is 0.878 bits per heavy atom. The number of methoxy groups -OCH3 is 1. The van der Waals surface area contributed by atoms with Crippen molar-refractivity contribution in [3.05, 3.63) is 77.1 Å². The van der Waals surface area contributed by atoms with E-state index in [2.05, 4.69) is 26.0 Å². The summed E-state index contributed by atoms with van der Waals surface area (Å²) >= 11 is 0. The molecule has 0 N–H and O–H groups in total. The van der Waals surface area contributed by atoms with E-state index in [4.69, 9.17) is 14.5 Å². The average molecular weight is 562 g/mol. The van der Waals surface area contributed by atoms with Crippen LogP contribution >= 0.6 is 0 Å². The van der Waals surface area contributed by atoms with Gasteiger partial charge in [-0.1, -0.05) is 70.4 Å². The third-order valence-electron chi connectivity index (χ3n) is 6.96. The molecule has 0 radical (unpaired) electrons. The maximum Gasteiger partial charge on any atom is 0.338 e. The summed E-state index contributed by atoms with van der Waals surface area (Å²) in [5.41, 5.74) is 2.43. The number of carbonyl (C=O) groups is 3. The predicted molar refractivity (Wildman–Crippen MR) is 160 cm³/mol. The smallest absolute Gasteiger partial charge is 0.338 e. The lowest BCUT2D eigenvalue weighted by Crippen LogP contribution is -2.33. The molecule has 8 nitrogen and oxygen atoms in total. The van der Waals surface area contributed by atoms with Gasteiger partial charge in [0.2, 0.25) is 0 Å². The number of aromatic nitrogens is 2. The molecule has 0 aliphatic rings. The molecule has 2 aromatic carbocycles. The number of nitrogens with zero attached hydrogens (tertiary/aromatic N) is 3. The maximum atomic E-state index is 13.7. The van der Waals surface area contributed by atoms with Crippen molar-refractivity contribution in [3.8, 4) is 11.4 Å². The van der Waals surface area contributed by atoms with Crippen LogP contribution in [0.15, 0.2) is 54.7 Å². The third kappa shape index (κ3) is 8.77. The Labute approximate surface area is 243 Å². The zero-order valence-electron chi connectivity index (χ0n) is 24.9. The SMILES string of the molecule is CCCCOC(=O)c1cc(C(=O)OC)ccc1-c1nc(C(=O)N(CCCC)CCCC)cn1CCc1ccccc1. The summed E-state index contributed by atoms with van der Waals surface area (Å²) < 4.78 is 12.4. The van der Waals surface area contributed by atoms with Crippen LogP contribution in [0.1, 0.15) is 96.1 Å². The van der Waals surface area contributed by atoms with Crippen LogP contribution in [-0.2, 0) is 22.4 Å². The average Bonchev–Trinajstić information content (AvgIpc) is 3.43. The molecule has 1 amide bonds. The first-order valence-electron chi connectivity index (χ1n) is 14.7. The Bertz CT molecular complexity index is 1280. The Kier molecular flexibility index (Phi) is 12.6. The van der Waals surface area contributed by atoms with Crippen LogP contribution in [0, 0.1) is 0 Å². The highest BCUT2D eigenvalue weighted by molar-refractivity contribution is 6.01. The van der Waals surface area contributed by atoms with E-state index in [-0.39, 0.29) is 23.6 Å². The first-order chi connectivity index (χ1) is 19.9. The monoisotopic (exact) mass is 561 g/mol. The number of amides is 1. The van der Waals surface area contributed by atoms with Crippen molar-refractivity contribution in [2.45, 2.75) is 72.3 Å². The number of ether oxygens (including phenoxy) is 2. The molecule has 0 bridgehead atoms. The Hall–Kier alpha value is -3.94. The Balaban J connectivity index is 2.09. The topological polar surface area (TPSA) is 90.7 Å². The second kappa shape index (κ2) is 16.4. The van der Waals surface area contributed by atoms with Gasteiger partial charge in [0.25, 0.3) is 5.91 Å². The summed E-state index contributed by atoms with van der Waals surface area (Å²) in [5.74, 6) is -0.735. The van der Waals surface area contributed by atoms with Gasteiger partial charge in [0, 0.05) is 31.4 Å². The van der Waals surface area contributed by atoms with Crippen LogP contribution in [0.25, 0.3) is 11.4 Å². The van der Waals surface area contributed by atoms with E-state index in [1.54, 1.807) is 18.3 Å². The minimum absolute atomic E-state index is 0.120. The summed E-state index contributed by atoms with van der Waals surface area (Å²) in [7, 11) is 1.30. The van der Waals surface area contributed by atoms with Crippen molar-refractivity contribution >= 4 is 17.8 Å². The van der Waals surface area contributed by atoms with Crippen LogP contribution in [0.5, 0.6) is 0 Å². The molecule has 220 valence electrons. The number of aryl methyl sites for hydroxylation is 2. The molecular weight excluding hydrogens is 518 g/mol. The number of rotatable bonds is 16. The highest BCUT2D eigenvalue weighted by Gasteiger charge is 2.25. The molecule has 0 fully saturated rings. The van der Waals surface area contributed by atoms with E-state index in [1.165, 1.54) is 13.2 Å². The van der Waals surface area contributed by atoms with Crippen LogP contribution in [0.2, 0.25) is 0 Å². The zero-order valence-corrected chi connectivity index (χ0v) is 24.9. The molecule has 0 aliphatic carbocycles. The molecule has 0 unspecified atom stereocenters. The third-order valence-corrected chi connectivity index (χ3v) is 6.96. The number of unbranched alkanes of at least 4 members (excludes halogenated alkanes) is 3. The lowest BCUT2D eigenvalue weighted by molar-refractivity contribution is 0.0500. The molecule has 0 aliphatic heterocycles. The standard InChI is InChI=1S/C33H43N3O5/c1-5-8-19-35(20-9-6-2)31(37)29-24-36(21-18-25-14-12-11-13-15-25)30(34-29)27-17-16-26(32(38)40-4)23-28(27)33(39)41-22-10-7-3/h11-17,23-24H,5-10,18-22H2,1-4H3. The number of carbonyl (C=O) groups excluding carboxylic acids is 3. The predicted octanol–water partition coefficient (Wildman–Crippen LogP) is 6.58. The molecule has 3 rings (SSSR count). The Morgan fingerprint density at radius 2 is 1.56 bits per heavy atom. The fourth-order valence-electron chi connectivity index (χ4n) is 4.51. The van der Waals surface area contributed by atoms with E-state index >= 15 is 0 Å². The van der Waals surface area contributed by atoms with Gasteiger partial charge >= 0.3 is 11.9 Å². The van der Waals surface area contributed by atoms with Crippen molar-refractivity contribution in [3.63, 3.8) is 0 Å². The zero-order chi connectivity index (χ0) is 29.6. The first-order valence-corrected chi connectivity index (χ1v) is 14.7. The number of hydrogen-bond acceptors (Lipinski definition) is 6. The lowest BCUT2D eigenvalue weighted by atomic mass is 10.0. The fraction of sp³-hybridized carbons (Fsp3) is 0.455. The van der Waals surface area contributed by atoms with E-state index in [0.717, 1.165) is 44.1 Å². The van der Waals surface area contributed by atoms with Crippen LogP contribution in [-0.4, -0.2) is 59.1 Å². The van der Waals surface area contributed by atoms with Gasteiger partial charge in [-0.15, -0.1) is 0 Å². The normalized spacial score (nSPS) is 10.8. The van der Waals surface area contributed by atoms with Gasteiger partial charge in [0.1, 0.15) is 11.5 Å². The van der Waals surface area contributed by atoms with Crippen LogP contribution < -0.4 is 0 Å². The number of benzene rings is 2. The van der Waals surface area contributed by atoms with E-state index in [0.29, 0.717) is 43.1 Å². The van der Waals surface area contributed by atoms with Crippen molar-refractivity contribution in [2.75, 3.05) is 26.8 Å². The number of imidazole rings is 1. The molecule has 0 saturated heterocycles. The molecule has 0 atom stereocenters. The highest BCUT2D eigenvalue weighted by Crippen LogP contribution is 2.27. The van der Waals surface area contributed by atoms with Gasteiger partial charge < -0.3 is 18.9 Å². The van der Waals surface area contributed by atoms with E-state index in [9.17, 15) is 14.4 Å². The van der Waals surface area contributed by atoms with Crippen molar-refractivity contribution in [1.29, 1.82) is 0 Å². The largest absolute Gasteiger partial charge is 0.465 e. The van der Waals surface area contributed by atoms with E-state index in [1.807, 2.05) is 34.6 Å². The highest BCUT2D eigenvalue weighted by atomic mass is 16.5. The summed E-state index contributed by atoms with van der Waals surface area (Å²) in [4.78, 5) is 46.0.